The van der Waals surface area contributed by atoms with E-state index in [4.69, 9.17) is 4.74 Å². The van der Waals surface area contributed by atoms with Crippen molar-refractivity contribution < 1.29 is 22.7 Å². The van der Waals surface area contributed by atoms with Crippen molar-refractivity contribution in [2.75, 3.05) is 6.61 Å². The van der Waals surface area contributed by atoms with Crippen LogP contribution in [0.1, 0.15) is 31.0 Å². The number of fused-ring (bicyclic) bond motifs is 2. The molecule has 0 aliphatic carbocycles. The van der Waals surface area contributed by atoms with E-state index in [2.05, 4.69) is 10.1 Å². The van der Waals surface area contributed by atoms with E-state index in [0.717, 1.165) is 27.7 Å². The number of ether oxygens (including phenoxy) is 1. The Morgan fingerprint density at radius 1 is 1.05 bits per heavy atom. The first kappa shape index (κ1) is 25.9. The number of rotatable bonds is 6. The van der Waals surface area contributed by atoms with Gasteiger partial charge in [-0.1, -0.05) is 42.5 Å². The second-order valence-corrected chi connectivity index (χ2v) is 8.83. The summed E-state index contributed by atoms with van der Waals surface area (Å²) in [6, 6.07) is 17.9. The molecular weight excluding hydrogens is 509 g/mol. The zero-order valence-corrected chi connectivity index (χ0v) is 21.0. The Balaban J connectivity index is 1.68. The van der Waals surface area contributed by atoms with E-state index >= 15 is 0 Å². The second-order valence-electron chi connectivity index (χ2n) is 8.83. The van der Waals surface area contributed by atoms with Crippen molar-refractivity contribution >= 4 is 34.0 Å². The molecule has 198 valence electrons. The number of benzene rings is 3. The maximum atomic E-state index is 13.5. The smallest absolute Gasteiger partial charge is 0.416 e. The van der Waals surface area contributed by atoms with Gasteiger partial charge in [0, 0.05) is 28.2 Å². The van der Waals surface area contributed by atoms with Crippen LogP contribution in [0.15, 0.2) is 88.9 Å². The number of carbonyl (C=O) groups is 1. The van der Waals surface area contributed by atoms with Gasteiger partial charge in [0.1, 0.15) is 6.04 Å². The maximum Gasteiger partial charge on any atom is 0.416 e. The molecule has 39 heavy (non-hydrogen) atoms. The Morgan fingerprint density at radius 3 is 2.51 bits per heavy atom. The van der Waals surface area contributed by atoms with Gasteiger partial charge in [0.2, 0.25) is 0 Å². The Labute approximate surface area is 220 Å². The Kier molecular flexibility index (Phi) is 6.78. The number of esters is 1. The predicted molar refractivity (Wildman–Crippen MR) is 143 cm³/mol. The van der Waals surface area contributed by atoms with Crippen LogP contribution in [0.3, 0.4) is 0 Å². The van der Waals surface area contributed by atoms with Gasteiger partial charge in [0.25, 0.3) is 5.56 Å². The summed E-state index contributed by atoms with van der Waals surface area (Å²) in [6.07, 6.45) is -1.41. The molecule has 0 unspecified atom stereocenters. The van der Waals surface area contributed by atoms with Crippen LogP contribution < -0.4 is 5.56 Å². The Morgan fingerprint density at radius 2 is 1.77 bits per heavy atom. The van der Waals surface area contributed by atoms with Gasteiger partial charge in [-0.15, -0.1) is 0 Å². The molecule has 3 aromatic carbocycles. The first-order chi connectivity index (χ1) is 18.7. The van der Waals surface area contributed by atoms with Crippen LogP contribution in [0.25, 0.3) is 33.2 Å². The van der Waals surface area contributed by atoms with Crippen molar-refractivity contribution in [1.82, 2.24) is 14.2 Å². The van der Waals surface area contributed by atoms with Crippen LogP contribution in [-0.2, 0) is 15.7 Å². The summed E-state index contributed by atoms with van der Waals surface area (Å²) in [5.41, 5.74) is 0.365. The lowest BCUT2D eigenvalue weighted by Crippen LogP contribution is -2.20. The number of halogens is 3. The van der Waals surface area contributed by atoms with Crippen molar-refractivity contribution in [3.05, 3.63) is 100 Å². The fourth-order valence-electron chi connectivity index (χ4n) is 4.40. The molecule has 0 N–H and O–H groups in total. The third kappa shape index (κ3) is 4.93. The summed E-state index contributed by atoms with van der Waals surface area (Å²) in [7, 11) is 0. The summed E-state index contributed by atoms with van der Waals surface area (Å²) in [4.78, 5) is 30.4. The molecule has 7 nitrogen and oxygen atoms in total. The molecule has 0 saturated heterocycles. The summed E-state index contributed by atoms with van der Waals surface area (Å²) in [5, 5.41) is 5.44. The molecule has 0 spiro atoms. The third-order valence-corrected chi connectivity index (χ3v) is 6.33. The second kappa shape index (κ2) is 10.2. The fraction of sp³-hybridized carbons (Fsp3) is 0.172. The van der Waals surface area contributed by atoms with E-state index in [1.54, 1.807) is 48.9 Å². The lowest BCUT2D eigenvalue weighted by molar-refractivity contribution is -0.146. The Hall–Kier alpha value is -4.73. The van der Waals surface area contributed by atoms with E-state index in [0.29, 0.717) is 11.1 Å². The normalized spacial score (nSPS) is 12.8. The highest BCUT2D eigenvalue weighted by atomic mass is 19.4. The van der Waals surface area contributed by atoms with E-state index in [-0.39, 0.29) is 23.4 Å². The summed E-state index contributed by atoms with van der Waals surface area (Å²) in [5.74, 6) is -0.437. The van der Waals surface area contributed by atoms with Crippen molar-refractivity contribution in [1.29, 1.82) is 0 Å². The van der Waals surface area contributed by atoms with Gasteiger partial charge in [-0.05, 0) is 44.2 Å². The van der Waals surface area contributed by atoms with Gasteiger partial charge in [-0.25, -0.2) is 9.78 Å². The SMILES string of the molecule is CCOC(=O)[C@@H](C)n1cc(C=Nn2c(-c3cccc(C(F)(F)F)c3)nc3ccccc3c2=O)c2ccccc21. The number of alkyl halides is 3. The molecule has 0 saturated carbocycles. The monoisotopic (exact) mass is 532 g/mol. The molecule has 5 aromatic rings. The summed E-state index contributed by atoms with van der Waals surface area (Å²) >= 11 is 0. The molecule has 0 aliphatic rings. The van der Waals surface area contributed by atoms with Crippen LogP contribution in [0.4, 0.5) is 13.2 Å². The van der Waals surface area contributed by atoms with Gasteiger partial charge >= 0.3 is 12.1 Å². The predicted octanol–water partition coefficient (Wildman–Crippen LogP) is 6.04. The number of hydrogen-bond acceptors (Lipinski definition) is 5. The van der Waals surface area contributed by atoms with Crippen LogP contribution in [-0.4, -0.2) is 33.0 Å². The fourth-order valence-corrected chi connectivity index (χ4v) is 4.40. The minimum Gasteiger partial charge on any atom is -0.464 e. The van der Waals surface area contributed by atoms with E-state index in [1.165, 1.54) is 18.3 Å². The van der Waals surface area contributed by atoms with Crippen molar-refractivity contribution in [3.8, 4) is 11.4 Å². The van der Waals surface area contributed by atoms with Crippen molar-refractivity contribution in [3.63, 3.8) is 0 Å². The number of nitrogens with zero attached hydrogens (tertiary/aromatic N) is 4. The zero-order valence-electron chi connectivity index (χ0n) is 21.0. The lowest BCUT2D eigenvalue weighted by atomic mass is 10.1. The lowest BCUT2D eigenvalue weighted by Gasteiger charge is -2.13. The highest BCUT2D eigenvalue weighted by Gasteiger charge is 2.31. The zero-order chi connectivity index (χ0) is 27.7. The Bertz CT molecular complexity index is 1790. The highest BCUT2D eigenvalue weighted by molar-refractivity contribution is 6.00. The van der Waals surface area contributed by atoms with Crippen LogP contribution >= 0.6 is 0 Å². The average Bonchev–Trinajstić information content (AvgIpc) is 3.30. The molecule has 10 heteroatoms. The maximum absolute atomic E-state index is 13.5. The quantitative estimate of drug-likeness (QED) is 0.197. The minimum absolute atomic E-state index is 0.0373. The van der Waals surface area contributed by atoms with Crippen LogP contribution in [0, 0.1) is 0 Å². The highest BCUT2D eigenvalue weighted by Crippen LogP contribution is 2.32. The molecule has 0 amide bonds. The number of para-hydroxylation sites is 2. The van der Waals surface area contributed by atoms with Crippen molar-refractivity contribution in [2.24, 2.45) is 5.10 Å². The number of carbonyl (C=O) groups excluding carboxylic acids is 1. The first-order valence-corrected chi connectivity index (χ1v) is 12.2. The molecule has 2 aromatic heterocycles. The molecule has 0 aliphatic heterocycles. The molecule has 0 radical (unpaired) electrons. The average molecular weight is 533 g/mol. The van der Waals surface area contributed by atoms with Gasteiger partial charge in [0.05, 0.1) is 29.3 Å². The van der Waals surface area contributed by atoms with Crippen LogP contribution in [0.2, 0.25) is 0 Å². The first-order valence-electron chi connectivity index (χ1n) is 12.2. The minimum atomic E-state index is -4.57. The molecular formula is C29H23F3N4O3. The van der Waals surface area contributed by atoms with Crippen molar-refractivity contribution in [2.45, 2.75) is 26.1 Å². The van der Waals surface area contributed by atoms with Gasteiger partial charge in [-0.2, -0.15) is 22.9 Å². The van der Waals surface area contributed by atoms with E-state index in [9.17, 15) is 22.8 Å². The van der Waals surface area contributed by atoms with E-state index in [1.807, 2.05) is 24.3 Å². The molecule has 1 atom stereocenters. The standard InChI is InChI=1S/C29H23F3N4O3/c1-3-39-28(38)18(2)35-17-20(22-11-5-7-14-25(22)35)16-33-36-26(19-9-8-10-21(15-19)29(30,31)32)34-24-13-6-4-12-23(24)27(36)37/h4-18H,3H2,1-2H3/t18-/m1/s1. The molecule has 0 fully saturated rings. The van der Waals surface area contributed by atoms with Gasteiger partial charge < -0.3 is 9.30 Å². The molecule has 5 rings (SSSR count). The molecule has 0 bridgehead atoms. The van der Waals surface area contributed by atoms with Gasteiger partial charge in [-0.3, -0.25) is 4.79 Å². The van der Waals surface area contributed by atoms with Crippen LogP contribution in [0.5, 0.6) is 0 Å². The third-order valence-electron chi connectivity index (χ3n) is 6.33. The number of hydrogen-bond donors (Lipinski definition) is 0. The van der Waals surface area contributed by atoms with E-state index < -0.39 is 29.3 Å². The molecule has 2 heterocycles. The largest absolute Gasteiger partial charge is 0.464 e. The van der Waals surface area contributed by atoms with Gasteiger partial charge in [0.15, 0.2) is 5.82 Å². The topological polar surface area (TPSA) is 78.5 Å². The number of aromatic nitrogens is 3. The summed E-state index contributed by atoms with van der Waals surface area (Å²) in [6.45, 7) is 3.69. The summed E-state index contributed by atoms with van der Waals surface area (Å²) < 4.78 is 48.3.